The number of rotatable bonds is 7. The number of unbranched alkanes of at least 4 members (excludes halogenated alkanes) is 3. The zero-order valence-corrected chi connectivity index (χ0v) is 10.5. The molecule has 0 spiro atoms. The summed E-state index contributed by atoms with van der Waals surface area (Å²) < 4.78 is 0. The predicted molar refractivity (Wildman–Crippen MR) is 73.1 cm³/mol. The van der Waals surface area contributed by atoms with E-state index in [9.17, 15) is 0 Å². The molecule has 0 fully saturated rings. The van der Waals surface area contributed by atoms with Crippen LogP contribution < -0.4 is 4.90 Å². The second kappa shape index (κ2) is 7.51. The smallest absolute Gasteiger partial charge is 0.0991 e. The molecular formula is C15H20N2. The van der Waals surface area contributed by atoms with Gasteiger partial charge in [0.05, 0.1) is 11.6 Å². The number of allylic oxidation sites excluding steroid dienone is 1. The molecule has 0 aromatic heterocycles. The largest absolute Gasteiger partial charge is 0.375 e. The fourth-order valence-electron chi connectivity index (χ4n) is 1.73. The summed E-state index contributed by atoms with van der Waals surface area (Å²) >= 11 is 0. The molecule has 0 saturated carbocycles. The van der Waals surface area contributed by atoms with Crippen LogP contribution in [-0.4, -0.2) is 13.6 Å². The quantitative estimate of drug-likeness (QED) is 0.525. The molecule has 0 bridgehead atoms. The zero-order chi connectivity index (χ0) is 12.5. The highest BCUT2D eigenvalue weighted by atomic mass is 15.1. The summed E-state index contributed by atoms with van der Waals surface area (Å²) in [5, 5.41) is 8.72. The third-order valence-corrected chi connectivity index (χ3v) is 2.84. The summed E-state index contributed by atoms with van der Waals surface area (Å²) in [5.41, 5.74) is 1.89. The van der Waals surface area contributed by atoms with Gasteiger partial charge in [-0.1, -0.05) is 12.5 Å². The molecule has 0 N–H and O–H groups in total. The van der Waals surface area contributed by atoms with Crippen LogP contribution in [0.2, 0.25) is 0 Å². The van der Waals surface area contributed by atoms with Gasteiger partial charge in [0.2, 0.25) is 0 Å². The van der Waals surface area contributed by atoms with E-state index in [2.05, 4.69) is 24.6 Å². The van der Waals surface area contributed by atoms with Crippen molar-refractivity contribution in [2.75, 3.05) is 18.5 Å². The second-order valence-corrected chi connectivity index (χ2v) is 4.22. The van der Waals surface area contributed by atoms with Crippen LogP contribution in [0.1, 0.15) is 31.2 Å². The molecule has 2 heteroatoms. The standard InChI is InChI=1S/C15H20N2/c1-3-4-5-6-7-12-17(2)15-10-8-14(13-16)9-11-15/h3,8-11H,1,4-7,12H2,2H3. The average molecular weight is 228 g/mol. The topological polar surface area (TPSA) is 27.0 Å². The van der Waals surface area contributed by atoms with E-state index in [-0.39, 0.29) is 0 Å². The van der Waals surface area contributed by atoms with Crippen molar-refractivity contribution in [1.29, 1.82) is 5.26 Å². The van der Waals surface area contributed by atoms with Gasteiger partial charge in [-0.15, -0.1) is 6.58 Å². The van der Waals surface area contributed by atoms with Gasteiger partial charge in [0.15, 0.2) is 0 Å². The van der Waals surface area contributed by atoms with E-state index in [4.69, 9.17) is 5.26 Å². The fourth-order valence-corrected chi connectivity index (χ4v) is 1.73. The number of anilines is 1. The molecule has 1 aromatic carbocycles. The molecule has 0 heterocycles. The van der Waals surface area contributed by atoms with Crippen LogP contribution in [0.3, 0.4) is 0 Å². The first-order chi connectivity index (χ1) is 8.27. The van der Waals surface area contributed by atoms with Crippen molar-refractivity contribution < 1.29 is 0 Å². The van der Waals surface area contributed by atoms with Crippen molar-refractivity contribution in [3.63, 3.8) is 0 Å². The molecule has 2 nitrogen and oxygen atoms in total. The van der Waals surface area contributed by atoms with E-state index < -0.39 is 0 Å². The van der Waals surface area contributed by atoms with Crippen molar-refractivity contribution in [3.8, 4) is 6.07 Å². The normalized spacial score (nSPS) is 9.65. The summed E-state index contributed by atoms with van der Waals surface area (Å²) in [5.74, 6) is 0. The van der Waals surface area contributed by atoms with Gasteiger partial charge >= 0.3 is 0 Å². The number of nitrogens with zero attached hydrogens (tertiary/aromatic N) is 2. The summed E-state index contributed by atoms with van der Waals surface area (Å²) in [6.07, 6.45) is 6.76. The molecule has 0 amide bonds. The van der Waals surface area contributed by atoms with E-state index >= 15 is 0 Å². The third kappa shape index (κ3) is 4.74. The van der Waals surface area contributed by atoms with Crippen LogP contribution in [0.5, 0.6) is 0 Å². The molecule has 0 saturated heterocycles. The monoisotopic (exact) mass is 228 g/mol. The maximum absolute atomic E-state index is 8.72. The second-order valence-electron chi connectivity index (χ2n) is 4.22. The summed E-state index contributed by atoms with van der Waals surface area (Å²) in [6.45, 7) is 4.78. The minimum Gasteiger partial charge on any atom is -0.375 e. The van der Waals surface area contributed by atoms with Gasteiger partial charge in [-0.3, -0.25) is 0 Å². The molecule has 0 atom stereocenters. The van der Waals surface area contributed by atoms with Gasteiger partial charge in [0.1, 0.15) is 0 Å². The van der Waals surface area contributed by atoms with E-state index in [0.29, 0.717) is 5.56 Å². The summed E-state index contributed by atoms with van der Waals surface area (Å²) in [6, 6.07) is 9.87. The zero-order valence-electron chi connectivity index (χ0n) is 10.5. The van der Waals surface area contributed by atoms with Crippen LogP contribution in [0.25, 0.3) is 0 Å². The van der Waals surface area contributed by atoms with Crippen molar-refractivity contribution in [3.05, 3.63) is 42.5 Å². The van der Waals surface area contributed by atoms with Gasteiger partial charge in [0.25, 0.3) is 0 Å². The highest BCUT2D eigenvalue weighted by Gasteiger charge is 2.00. The minimum absolute atomic E-state index is 0.716. The van der Waals surface area contributed by atoms with Crippen LogP contribution in [0.4, 0.5) is 5.69 Å². The van der Waals surface area contributed by atoms with Crippen LogP contribution in [-0.2, 0) is 0 Å². The van der Waals surface area contributed by atoms with Gasteiger partial charge < -0.3 is 4.90 Å². The maximum atomic E-state index is 8.72. The molecule has 0 unspecified atom stereocenters. The van der Waals surface area contributed by atoms with Gasteiger partial charge in [-0.25, -0.2) is 0 Å². The lowest BCUT2D eigenvalue weighted by atomic mass is 10.1. The first-order valence-corrected chi connectivity index (χ1v) is 6.10. The highest BCUT2D eigenvalue weighted by Crippen LogP contribution is 2.14. The molecule has 0 aliphatic heterocycles. The lowest BCUT2D eigenvalue weighted by molar-refractivity contribution is 0.679. The molecule has 0 aliphatic carbocycles. The van der Waals surface area contributed by atoms with E-state index in [0.717, 1.165) is 13.0 Å². The van der Waals surface area contributed by atoms with Crippen LogP contribution in [0, 0.1) is 11.3 Å². The number of benzene rings is 1. The molecule has 1 aromatic rings. The van der Waals surface area contributed by atoms with Gasteiger partial charge in [0, 0.05) is 19.3 Å². The molecular weight excluding hydrogens is 208 g/mol. The van der Waals surface area contributed by atoms with Gasteiger partial charge in [-0.2, -0.15) is 5.26 Å². The minimum atomic E-state index is 0.716. The van der Waals surface area contributed by atoms with Crippen molar-refractivity contribution >= 4 is 5.69 Å². The van der Waals surface area contributed by atoms with E-state index in [1.807, 2.05) is 30.3 Å². The first-order valence-electron chi connectivity index (χ1n) is 6.10. The fraction of sp³-hybridized carbons (Fsp3) is 0.400. The molecule has 0 radical (unpaired) electrons. The summed E-state index contributed by atoms with van der Waals surface area (Å²) in [4.78, 5) is 2.23. The Bertz CT molecular complexity index is 373. The van der Waals surface area contributed by atoms with Crippen molar-refractivity contribution in [1.82, 2.24) is 0 Å². The Kier molecular flexibility index (Phi) is 5.88. The lowest BCUT2D eigenvalue weighted by Crippen LogP contribution is -2.18. The number of hydrogen-bond acceptors (Lipinski definition) is 2. The van der Waals surface area contributed by atoms with Crippen molar-refractivity contribution in [2.45, 2.75) is 25.7 Å². The Hall–Kier alpha value is -1.75. The molecule has 17 heavy (non-hydrogen) atoms. The lowest BCUT2D eigenvalue weighted by Gasteiger charge is -2.19. The van der Waals surface area contributed by atoms with Crippen LogP contribution >= 0.6 is 0 Å². The Morgan fingerprint density at radius 1 is 1.24 bits per heavy atom. The van der Waals surface area contributed by atoms with E-state index in [1.54, 1.807) is 0 Å². The van der Waals surface area contributed by atoms with Crippen LogP contribution in [0.15, 0.2) is 36.9 Å². The molecule has 1 rings (SSSR count). The predicted octanol–water partition coefficient (Wildman–Crippen LogP) is 3.74. The number of nitriles is 1. The SMILES string of the molecule is C=CCCCCCN(C)c1ccc(C#N)cc1. The Balaban J connectivity index is 2.33. The van der Waals surface area contributed by atoms with Crippen molar-refractivity contribution in [2.24, 2.45) is 0 Å². The van der Waals surface area contributed by atoms with Gasteiger partial charge in [-0.05, 0) is 43.5 Å². The average Bonchev–Trinajstić information content (AvgIpc) is 2.38. The Morgan fingerprint density at radius 2 is 1.94 bits per heavy atom. The molecule has 90 valence electrons. The first kappa shape index (κ1) is 13.3. The summed E-state index contributed by atoms with van der Waals surface area (Å²) in [7, 11) is 2.09. The Labute approximate surface area is 104 Å². The molecule has 0 aliphatic rings. The highest BCUT2D eigenvalue weighted by molar-refractivity contribution is 5.48. The van der Waals surface area contributed by atoms with E-state index in [1.165, 1.54) is 24.9 Å². The Morgan fingerprint density at radius 3 is 2.53 bits per heavy atom. The number of hydrogen-bond donors (Lipinski definition) is 0. The maximum Gasteiger partial charge on any atom is 0.0991 e. The third-order valence-electron chi connectivity index (χ3n) is 2.84.